The molecule has 0 radical (unpaired) electrons. The van der Waals surface area contributed by atoms with Crippen LogP contribution < -0.4 is 4.89 Å². The van der Waals surface area contributed by atoms with Crippen LogP contribution in [-0.4, -0.2) is 61.9 Å². The average molecular weight is 611 g/mol. The van der Waals surface area contributed by atoms with Crippen molar-refractivity contribution in [3.8, 4) is 0 Å². The molecule has 0 aliphatic carbocycles. The van der Waals surface area contributed by atoms with E-state index in [1.165, 1.54) is 102 Å². The van der Waals surface area contributed by atoms with Gasteiger partial charge in [-0.1, -0.05) is 134 Å². The highest BCUT2D eigenvalue weighted by molar-refractivity contribution is 7.45. The zero-order valence-corrected chi connectivity index (χ0v) is 28.9. The lowest BCUT2D eigenvalue weighted by Crippen LogP contribution is -2.49. The summed E-state index contributed by atoms with van der Waals surface area (Å²) in [4.78, 5) is 14.7. The van der Waals surface area contributed by atoms with Gasteiger partial charge < -0.3 is 18.4 Å². The van der Waals surface area contributed by atoms with Crippen LogP contribution in [0.3, 0.4) is 0 Å². The van der Waals surface area contributed by atoms with Crippen LogP contribution in [-0.2, 0) is 20.2 Å². The minimum Gasteiger partial charge on any atom is -0.756 e. The van der Waals surface area contributed by atoms with Crippen LogP contribution in [0.5, 0.6) is 0 Å². The Kier molecular flexibility index (Phi) is 23.9. The number of likely N-dealkylation sites (N-methyl/N-ethyl adjacent to an activating group) is 1. The Morgan fingerprint density at radius 3 is 1.57 bits per heavy atom. The monoisotopic (exact) mass is 610 g/mol. The Hall–Kier alpha value is -0.750. The standard InChI is InChI=1S/C35H67N2O4P/c1-5-9-10-11-12-13-14-15-16-17-18-19-20-21-22-26-29-36(34-35-27-24-23-25-28-35)30-32-40-42(38,39)41-33-31-37(6-2,7-3)8-4/h23-25,27-28H,5-22,26,29-34H2,1-4H3. The fourth-order valence-electron chi connectivity index (χ4n) is 5.81. The molecule has 0 aliphatic heterocycles. The van der Waals surface area contributed by atoms with Crippen LogP contribution in [0.15, 0.2) is 30.3 Å². The summed E-state index contributed by atoms with van der Waals surface area (Å²) in [7, 11) is -4.30. The molecule has 1 unspecified atom stereocenters. The number of rotatable bonds is 30. The van der Waals surface area contributed by atoms with Crippen molar-refractivity contribution in [1.82, 2.24) is 4.90 Å². The highest BCUT2D eigenvalue weighted by atomic mass is 31.2. The van der Waals surface area contributed by atoms with Crippen molar-refractivity contribution in [2.24, 2.45) is 0 Å². The first-order chi connectivity index (χ1) is 20.4. The Morgan fingerprint density at radius 1 is 0.643 bits per heavy atom. The lowest BCUT2D eigenvalue weighted by Gasteiger charge is -2.36. The van der Waals surface area contributed by atoms with Crippen LogP contribution >= 0.6 is 7.82 Å². The van der Waals surface area contributed by atoms with E-state index in [4.69, 9.17) is 9.05 Å². The van der Waals surface area contributed by atoms with Crippen molar-refractivity contribution in [3.63, 3.8) is 0 Å². The molecule has 0 aromatic heterocycles. The van der Waals surface area contributed by atoms with Gasteiger partial charge >= 0.3 is 0 Å². The maximum atomic E-state index is 12.4. The third kappa shape index (κ3) is 20.3. The topological polar surface area (TPSA) is 61.8 Å². The van der Waals surface area contributed by atoms with E-state index < -0.39 is 7.82 Å². The maximum Gasteiger partial charge on any atom is 0.268 e. The van der Waals surface area contributed by atoms with Crippen molar-refractivity contribution >= 4 is 7.82 Å². The number of hydrogen-bond donors (Lipinski definition) is 0. The predicted octanol–water partition coefficient (Wildman–Crippen LogP) is 9.13. The van der Waals surface area contributed by atoms with Gasteiger partial charge in [0.25, 0.3) is 7.82 Å². The van der Waals surface area contributed by atoms with Crippen LogP contribution in [0.4, 0.5) is 0 Å². The van der Waals surface area contributed by atoms with Gasteiger partial charge in [-0.15, -0.1) is 0 Å². The molecule has 42 heavy (non-hydrogen) atoms. The van der Waals surface area contributed by atoms with Crippen molar-refractivity contribution in [2.45, 2.75) is 137 Å². The summed E-state index contributed by atoms with van der Waals surface area (Å²) >= 11 is 0. The molecule has 0 spiro atoms. The predicted molar refractivity (Wildman–Crippen MR) is 178 cm³/mol. The van der Waals surface area contributed by atoms with E-state index in [1.807, 2.05) is 6.07 Å². The summed E-state index contributed by atoms with van der Waals surface area (Å²) in [6.45, 7) is 14.9. The van der Waals surface area contributed by atoms with Gasteiger partial charge in [-0.05, 0) is 39.3 Å². The van der Waals surface area contributed by atoms with Crippen molar-refractivity contribution in [1.29, 1.82) is 0 Å². The summed E-state index contributed by atoms with van der Waals surface area (Å²) in [5.41, 5.74) is 1.24. The number of hydrogen-bond acceptors (Lipinski definition) is 5. The second-order valence-electron chi connectivity index (χ2n) is 12.2. The maximum absolute atomic E-state index is 12.4. The van der Waals surface area contributed by atoms with Crippen LogP contribution in [0.2, 0.25) is 0 Å². The SMILES string of the molecule is CCCCCCCCCCCCCCCCCCN(CCOP(=O)([O-])OCC[N+](CC)(CC)CC)Cc1ccccc1. The van der Waals surface area contributed by atoms with E-state index >= 15 is 0 Å². The molecule has 0 aliphatic rings. The van der Waals surface area contributed by atoms with E-state index in [9.17, 15) is 9.46 Å². The second-order valence-corrected chi connectivity index (χ2v) is 13.6. The minimum atomic E-state index is -4.30. The van der Waals surface area contributed by atoms with Crippen LogP contribution in [0.1, 0.15) is 136 Å². The number of benzene rings is 1. The highest BCUT2D eigenvalue weighted by Crippen LogP contribution is 2.38. The molecule has 0 saturated heterocycles. The molecule has 6 nitrogen and oxygen atoms in total. The Morgan fingerprint density at radius 2 is 1.10 bits per heavy atom. The molecule has 0 heterocycles. The van der Waals surface area contributed by atoms with Crippen molar-refractivity contribution < 1.29 is 23.0 Å². The van der Waals surface area contributed by atoms with E-state index in [0.29, 0.717) is 13.1 Å². The summed E-state index contributed by atoms with van der Waals surface area (Å²) in [5.74, 6) is 0. The zero-order chi connectivity index (χ0) is 30.8. The van der Waals surface area contributed by atoms with E-state index in [1.54, 1.807) is 0 Å². The van der Waals surface area contributed by atoms with Gasteiger partial charge in [0.1, 0.15) is 13.2 Å². The molecule has 1 atom stereocenters. The fourth-order valence-corrected chi connectivity index (χ4v) is 6.49. The van der Waals surface area contributed by atoms with Gasteiger partial charge in [0.05, 0.1) is 26.2 Å². The summed E-state index contributed by atoms with van der Waals surface area (Å²) in [6, 6.07) is 10.4. The van der Waals surface area contributed by atoms with E-state index in [2.05, 4.69) is 56.9 Å². The molecule has 0 fully saturated rings. The summed E-state index contributed by atoms with van der Waals surface area (Å²) in [5, 5.41) is 0. The van der Waals surface area contributed by atoms with Crippen molar-refractivity contribution in [3.05, 3.63) is 35.9 Å². The summed E-state index contributed by atoms with van der Waals surface area (Å²) < 4.78 is 23.8. The zero-order valence-electron chi connectivity index (χ0n) is 28.0. The largest absolute Gasteiger partial charge is 0.756 e. The number of quaternary nitrogens is 1. The van der Waals surface area contributed by atoms with E-state index in [0.717, 1.165) is 43.6 Å². The first-order valence-corrected chi connectivity index (χ1v) is 19.1. The van der Waals surface area contributed by atoms with Crippen LogP contribution in [0.25, 0.3) is 0 Å². The van der Waals surface area contributed by atoms with Gasteiger partial charge in [0.2, 0.25) is 0 Å². The normalized spacial score (nSPS) is 13.6. The molecular formula is C35H67N2O4P. The molecule has 1 aromatic carbocycles. The molecule has 1 rings (SSSR count). The van der Waals surface area contributed by atoms with Gasteiger partial charge in [0.15, 0.2) is 0 Å². The molecule has 246 valence electrons. The van der Waals surface area contributed by atoms with Crippen molar-refractivity contribution in [2.75, 3.05) is 52.5 Å². The van der Waals surface area contributed by atoms with Gasteiger partial charge in [-0.3, -0.25) is 9.46 Å². The Labute approximate surface area is 260 Å². The number of phosphoric ester groups is 1. The third-order valence-corrected chi connectivity index (χ3v) is 10.1. The lowest BCUT2D eigenvalue weighted by molar-refractivity contribution is -0.923. The molecule has 0 amide bonds. The van der Waals surface area contributed by atoms with Gasteiger partial charge in [-0.2, -0.15) is 0 Å². The minimum absolute atomic E-state index is 0.127. The molecule has 0 saturated carbocycles. The second kappa shape index (κ2) is 25.6. The first kappa shape index (κ1) is 39.3. The fraction of sp³-hybridized carbons (Fsp3) is 0.829. The smallest absolute Gasteiger partial charge is 0.268 e. The number of phosphoric acid groups is 1. The van der Waals surface area contributed by atoms with Gasteiger partial charge in [-0.25, -0.2) is 0 Å². The number of nitrogens with zero attached hydrogens (tertiary/aromatic N) is 2. The third-order valence-electron chi connectivity index (χ3n) is 9.06. The first-order valence-electron chi connectivity index (χ1n) is 17.6. The summed E-state index contributed by atoms with van der Waals surface area (Å²) in [6.07, 6.45) is 21.8. The molecule has 0 bridgehead atoms. The molecule has 7 heteroatoms. The number of unbranched alkanes of at least 4 members (excludes halogenated alkanes) is 15. The molecular weight excluding hydrogens is 543 g/mol. The highest BCUT2D eigenvalue weighted by Gasteiger charge is 2.22. The quantitative estimate of drug-likeness (QED) is 0.0494. The molecule has 1 aromatic rings. The Bertz CT molecular complexity index is 767. The van der Waals surface area contributed by atoms with E-state index in [-0.39, 0.29) is 13.2 Å². The van der Waals surface area contributed by atoms with Crippen LogP contribution in [0, 0.1) is 0 Å². The molecule has 0 N–H and O–H groups in total. The van der Waals surface area contributed by atoms with Gasteiger partial charge in [0, 0.05) is 13.1 Å². The average Bonchev–Trinajstić information content (AvgIpc) is 2.99. The lowest BCUT2D eigenvalue weighted by atomic mass is 10.0. The Balaban J connectivity index is 2.23.